The van der Waals surface area contributed by atoms with Crippen LogP contribution in [0.3, 0.4) is 0 Å². The minimum Gasteiger partial charge on any atom is -0.493 e. The molecule has 0 heterocycles. The Bertz CT molecular complexity index is 414. The molecule has 1 rings (SSSR count). The molecule has 1 aromatic rings. The van der Waals surface area contributed by atoms with Gasteiger partial charge in [-0.1, -0.05) is 0 Å². The molecule has 0 bridgehead atoms. The second kappa shape index (κ2) is 9.07. The molecule has 114 valence electrons. The first-order valence-corrected chi connectivity index (χ1v) is 7.55. The summed E-state index contributed by atoms with van der Waals surface area (Å²) in [6.07, 6.45) is 1.52. The molecular formula is C14H23NO4S. The lowest BCUT2D eigenvalue weighted by Crippen LogP contribution is -2.29. The largest absolute Gasteiger partial charge is 0.493 e. The maximum atomic E-state index is 9.60. The van der Waals surface area contributed by atoms with E-state index in [1.165, 1.54) is 0 Å². The predicted molar refractivity (Wildman–Crippen MR) is 80.9 cm³/mol. The topological polar surface area (TPSA) is 60.0 Å². The SMILES string of the molecule is COCC(O)CNCc1cc(OC)c(OC)cc1SC. The van der Waals surface area contributed by atoms with Crippen molar-refractivity contribution in [1.82, 2.24) is 5.32 Å². The van der Waals surface area contributed by atoms with Gasteiger partial charge in [0.15, 0.2) is 11.5 Å². The van der Waals surface area contributed by atoms with Gasteiger partial charge >= 0.3 is 0 Å². The van der Waals surface area contributed by atoms with Crippen molar-refractivity contribution < 1.29 is 19.3 Å². The molecule has 0 fully saturated rings. The molecule has 0 saturated heterocycles. The van der Waals surface area contributed by atoms with E-state index in [4.69, 9.17) is 14.2 Å². The van der Waals surface area contributed by atoms with Crippen molar-refractivity contribution in [3.05, 3.63) is 17.7 Å². The summed E-state index contributed by atoms with van der Waals surface area (Å²) < 4.78 is 15.5. The van der Waals surface area contributed by atoms with E-state index >= 15 is 0 Å². The Morgan fingerprint density at radius 3 is 2.40 bits per heavy atom. The number of aliphatic hydroxyl groups excluding tert-OH is 1. The molecule has 0 aliphatic rings. The summed E-state index contributed by atoms with van der Waals surface area (Å²) in [6, 6.07) is 3.92. The monoisotopic (exact) mass is 301 g/mol. The third-order valence-corrected chi connectivity index (χ3v) is 3.66. The molecule has 0 aromatic heterocycles. The molecule has 0 aliphatic carbocycles. The first-order chi connectivity index (χ1) is 9.65. The summed E-state index contributed by atoms with van der Waals surface area (Å²) in [6.45, 7) is 1.46. The van der Waals surface area contributed by atoms with Crippen LogP contribution in [0.15, 0.2) is 17.0 Å². The smallest absolute Gasteiger partial charge is 0.161 e. The lowest BCUT2D eigenvalue weighted by molar-refractivity contribution is 0.0644. The Kier molecular flexibility index (Phi) is 7.76. The summed E-state index contributed by atoms with van der Waals surface area (Å²) in [5, 5.41) is 12.8. The Labute approximate surface area is 124 Å². The van der Waals surface area contributed by atoms with Gasteiger partial charge in [-0.05, 0) is 24.0 Å². The maximum Gasteiger partial charge on any atom is 0.161 e. The van der Waals surface area contributed by atoms with Gasteiger partial charge < -0.3 is 24.6 Å². The van der Waals surface area contributed by atoms with E-state index in [0.29, 0.717) is 25.4 Å². The molecule has 0 saturated carbocycles. The van der Waals surface area contributed by atoms with Crippen LogP contribution in [0.4, 0.5) is 0 Å². The Balaban J connectivity index is 2.73. The number of ether oxygens (including phenoxy) is 3. The van der Waals surface area contributed by atoms with E-state index in [0.717, 1.165) is 16.2 Å². The molecule has 1 atom stereocenters. The average Bonchev–Trinajstić information content (AvgIpc) is 2.46. The molecule has 5 nitrogen and oxygen atoms in total. The molecule has 6 heteroatoms. The van der Waals surface area contributed by atoms with E-state index in [1.54, 1.807) is 33.1 Å². The number of hydrogen-bond donors (Lipinski definition) is 2. The van der Waals surface area contributed by atoms with E-state index < -0.39 is 6.10 Å². The highest BCUT2D eigenvalue weighted by molar-refractivity contribution is 7.98. The average molecular weight is 301 g/mol. The van der Waals surface area contributed by atoms with Gasteiger partial charge in [0.05, 0.1) is 26.9 Å². The third-order valence-electron chi connectivity index (χ3n) is 2.84. The van der Waals surface area contributed by atoms with E-state index in [-0.39, 0.29) is 0 Å². The lowest BCUT2D eigenvalue weighted by Gasteiger charge is -2.15. The summed E-state index contributed by atoms with van der Waals surface area (Å²) in [4.78, 5) is 1.12. The number of benzene rings is 1. The Hall–Kier alpha value is -0.950. The molecule has 0 radical (unpaired) electrons. The van der Waals surface area contributed by atoms with Gasteiger partial charge in [-0.3, -0.25) is 0 Å². The van der Waals surface area contributed by atoms with E-state index in [9.17, 15) is 5.11 Å². The molecule has 2 N–H and O–H groups in total. The highest BCUT2D eigenvalue weighted by atomic mass is 32.2. The van der Waals surface area contributed by atoms with E-state index in [1.807, 2.05) is 18.4 Å². The maximum absolute atomic E-state index is 9.60. The van der Waals surface area contributed by atoms with Crippen molar-refractivity contribution in [3.8, 4) is 11.5 Å². The minimum atomic E-state index is -0.502. The van der Waals surface area contributed by atoms with Crippen molar-refractivity contribution in [2.75, 3.05) is 40.7 Å². The van der Waals surface area contributed by atoms with Crippen molar-refractivity contribution in [1.29, 1.82) is 0 Å². The molecule has 20 heavy (non-hydrogen) atoms. The minimum absolute atomic E-state index is 0.328. The fraction of sp³-hybridized carbons (Fsp3) is 0.571. The van der Waals surface area contributed by atoms with Gasteiger partial charge in [-0.25, -0.2) is 0 Å². The summed E-state index contributed by atoms with van der Waals surface area (Å²) in [5.74, 6) is 1.43. The quantitative estimate of drug-likeness (QED) is 0.675. The summed E-state index contributed by atoms with van der Waals surface area (Å²) in [7, 11) is 4.82. The summed E-state index contributed by atoms with van der Waals surface area (Å²) in [5.41, 5.74) is 1.11. The van der Waals surface area contributed by atoms with Crippen LogP contribution in [-0.4, -0.2) is 51.9 Å². The third kappa shape index (κ3) is 4.86. The van der Waals surface area contributed by atoms with Crippen LogP contribution in [-0.2, 0) is 11.3 Å². The van der Waals surface area contributed by atoms with Gasteiger partial charge in [0, 0.05) is 25.1 Å². The van der Waals surface area contributed by atoms with Gasteiger partial charge in [0.1, 0.15) is 0 Å². The van der Waals surface area contributed by atoms with Crippen LogP contribution in [0.25, 0.3) is 0 Å². The zero-order valence-corrected chi connectivity index (χ0v) is 13.3. The normalized spacial score (nSPS) is 12.2. The number of rotatable bonds is 9. The molecule has 1 unspecified atom stereocenters. The van der Waals surface area contributed by atoms with Crippen molar-refractivity contribution in [3.63, 3.8) is 0 Å². The number of thioether (sulfide) groups is 1. The van der Waals surface area contributed by atoms with Crippen LogP contribution in [0, 0.1) is 0 Å². The second-order valence-corrected chi connectivity index (χ2v) is 5.11. The highest BCUT2D eigenvalue weighted by Gasteiger charge is 2.11. The van der Waals surface area contributed by atoms with Crippen LogP contribution < -0.4 is 14.8 Å². The van der Waals surface area contributed by atoms with Crippen molar-refractivity contribution in [2.45, 2.75) is 17.5 Å². The fourth-order valence-corrected chi connectivity index (χ4v) is 2.47. The van der Waals surface area contributed by atoms with Crippen LogP contribution in [0.1, 0.15) is 5.56 Å². The molecule has 0 spiro atoms. The van der Waals surface area contributed by atoms with Gasteiger partial charge in [0.25, 0.3) is 0 Å². The van der Waals surface area contributed by atoms with E-state index in [2.05, 4.69) is 5.32 Å². The van der Waals surface area contributed by atoms with Crippen LogP contribution in [0.2, 0.25) is 0 Å². The second-order valence-electron chi connectivity index (χ2n) is 4.26. The molecule has 1 aromatic carbocycles. The standard InChI is InChI=1S/C14H23NO4S/c1-17-9-11(16)8-15-7-10-5-12(18-2)13(19-3)6-14(10)20-4/h5-6,11,15-16H,7-9H2,1-4H3. The zero-order chi connectivity index (χ0) is 15.0. The number of nitrogens with one attached hydrogen (secondary N) is 1. The van der Waals surface area contributed by atoms with Crippen LogP contribution in [0.5, 0.6) is 11.5 Å². The molecule has 0 aliphatic heterocycles. The lowest BCUT2D eigenvalue weighted by atomic mass is 10.2. The predicted octanol–water partition coefficient (Wildman–Crippen LogP) is 1.52. The van der Waals surface area contributed by atoms with Crippen LogP contribution >= 0.6 is 11.8 Å². The van der Waals surface area contributed by atoms with Crippen molar-refractivity contribution in [2.24, 2.45) is 0 Å². The number of methoxy groups -OCH3 is 3. The Morgan fingerprint density at radius 1 is 1.20 bits per heavy atom. The first kappa shape index (κ1) is 17.1. The van der Waals surface area contributed by atoms with Gasteiger partial charge in [-0.2, -0.15) is 0 Å². The zero-order valence-electron chi connectivity index (χ0n) is 12.4. The summed E-state index contributed by atoms with van der Waals surface area (Å²) >= 11 is 1.65. The Morgan fingerprint density at radius 2 is 1.85 bits per heavy atom. The fourth-order valence-electron chi connectivity index (χ4n) is 1.86. The van der Waals surface area contributed by atoms with Gasteiger partial charge in [-0.15, -0.1) is 11.8 Å². The highest BCUT2D eigenvalue weighted by Crippen LogP contribution is 2.34. The molecular weight excluding hydrogens is 278 g/mol. The molecule has 0 amide bonds. The number of aliphatic hydroxyl groups is 1. The first-order valence-electron chi connectivity index (χ1n) is 6.32. The van der Waals surface area contributed by atoms with Crippen molar-refractivity contribution >= 4 is 11.8 Å². The number of hydrogen-bond acceptors (Lipinski definition) is 6. The van der Waals surface area contributed by atoms with Gasteiger partial charge in [0.2, 0.25) is 0 Å².